The number of rotatable bonds is 4. The number of nitrogens with zero attached hydrogens (tertiary/aromatic N) is 2. The van der Waals surface area contributed by atoms with Crippen molar-refractivity contribution < 1.29 is 17.6 Å². The van der Waals surface area contributed by atoms with Crippen molar-refractivity contribution >= 4 is 23.0 Å². The predicted octanol–water partition coefficient (Wildman–Crippen LogP) is 5.12. The molecule has 0 saturated heterocycles. The van der Waals surface area contributed by atoms with Gasteiger partial charge in [0.05, 0.1) is 5.56 Å². The molecule has 4 nitrogen and oxygen atoms in total. The van der Waals surface area contributed by atoms with Crippen molar-refractivity contribution in [3.8, 4) is 0 Å². The molecule has 0 aliphatic heterocycles. The molecule has 3 aromatic rings. The number of anilines is 4. The fourth-order valence-corrected chi connectivity index (χ4v) is 2.13. The lowest BCUT2D eigenvalue weighted by Crippen LogP contribution is -2.05. The minimum Gasteiger partial charge on any atom is -0.340 e. The summed E-state index contributed by atoms with van der Waals surface area (Å²) in [6.45, 7) is 0. The maximum absolute atomic E-state index is 13.2. The Kier molecular flexibility index (Phi) is 4.51. The van der Waals surface area contributed by atoms with Gasteiger partial charge in [-0.2, -0.15) is 13.2 Å². The lowest BCUT2D eigenvalue weighted by atomic mass is 10.2. The first kappa shape index (κ1) is 16.7. The third kappa shape index (κ3) is 4.43. The summed E-state index contributed by atoms with van der Waals surface area (Å²) in [4.78, 5) is 7.97. The van der Waals surface area contributed by atoms with Crippen LogP contribution in [0, 0.1) is 5.82 Å². The molecule has 0 spiro atoms. The Morgan fingerprint density at radius 3 is 1.96 bits per heavy atom. The molecule has 0 unspecified atom stereocenters. The first-order valence-corrected chi connectivity index (χ1v) is 7.19. The van der Waals surface area contributed by atoms with Gasteiger partial charge in [0.25, 0.3) is 0 Å². The van der Waals surface area contributed by atoms with E-state index in [1.807, 2.05) is 0 Å². The maximum Gasteiger partial charge on any atom is 0.416 e. The number of benzene rings is 2. The number of halogens is 4. The highest BCUT2D eigenvalue weighted by molar-refractivity contribution is 5.63. The van der Waals surface area contributed by atoms with E-state index in [4.69, 9.17) is 0 Å². The molecule has 0 amide bonds. The van der Waals surface area contributed by atoms with E-state index in [0.29, 0.717) is 17.3 Å². The molecule has 3 rings (SSSR count). The van der Waals surface area contributed by atoms with Crippen molar-refractivity contribution in [1.82, 2.24) is 9.97 Å². The zero-order valence-corrected chi connectivity index (χ0v) is 12.7. The van der Waals surface area contributed by atoms with Crippen LogP contribution in [0.2, 0.25) is 0 Å². The second-order valence-corrected chi connectivity index (χ2v) is 5.13. The van der Waals surface area contributed by atoms with E-state index in [2.05, 4.69) is 20.6 Å². The summed E-state index contributed by atoms with van der Waals surface area (Å²) in [7, 11) is 0. The molecule has 1 aromatic heterocycles. The molecule has 0 bridgehead atoms. The third-order valence-corrected chi connectivity index (χ3v) is 3.23. The number of nitrogens with one attached hydrogen (secondary N) is 2. The molecule has 0 fully saturated rings. The van der Waals surface area contributed by atoms with Crippen LogP contribution in [-0.4, -0.2) is 9.97 Å². The summed E-state index contributed by atoms with van der Waals surface area (Å²) in [6, 6.07) is 12.1. The summed E-state index contributed by atoms with van der Waals surface area (Å²) in [5.41, 5.74) is -0.0291. The molecule has 0 atom stereocenters. The van der Waals surface area contributed by atoms with Crippen LogP contribution >= 0.6 is 0 Å². The first-order valence-electron chi connectivity index (χ1n) is 7.19. The van der Waals surface area contributed by atoms with Crippen LogP contribution in [-0.2, 0) is 6.18 Å². The summed E-state index contributed by atoms with van der Waals surface area (Å²) in [6.07, 6.45) is -3.18. The lowest BCUT2D eigenvalue weighted by molar-refractivity contribution is -0.137. The fourth-order valence-electron chi connectivity index (χ4n) is 2.13. The van der Waals surface area contributed by atoms with Gasteiger partial charge in [-0.15, -0.1) is 0 Å². The summed E-state index contributed by atoms with van der Waals surface area (Å²) >= 11 is 0. The van der Waals surface area contributed by atoms with Gasteiger partial charge in [-0.05, 0) is 36.4 Å². The van der Waals surface area contributed by atoms with Crippen molar-refractivity contribution in [3.63, 3.8) is 0 Å². The van der Waals surface area contributed by atoms with E-state index in [0.717, 1.165) is 12.1 Å². The van der Waals surface area contributed by atoms with Crippen LogP contribution in [0.5, 0.6) is 0 Å². The Morgan fingerprint density at radius 2 is 1.36 bits per heavy atom. The first-order chi connectivity index (χ1) is 11.9. The normalized spacial score (nSPS) is 11.2. The van der Waals surface area contributed by atoms with Crippen LogP contribution < -0.4 is 10.6 Å². The average molecular weight is 348 g/mol. The van der Waals surface area contributed by atoms with Gasteiger partial charge in [-0.3, -0.25) is 0 Å². The predicted molar refractivity (Wildman–Crippen MR) is 86.4 cm³/mol. The molecule has 2 aromatic carbocycles. The Balaban J connectivity index is 1.78. The van der Waals surface area contributed by atoms with E-state index in [1.54, 1.807) is 12.1 Å². The highest BCUT2D eigenvalue weighted by Gasteiger charge is 2.30. The van der Waals surface area contributed by atoms with Gasteiger partial charge in [0.1, 0.15) is 23.8 Å². The number of hydrogen-bond donors (Lipinski definition) is 2. The molecule has 25 heavy (non-hydrogen) atoms. The molecule has 0 aliphatic rings. The Bertz CT molecular complexity index is 880. The monoisotopic (exact) mass is 348 g/mol. The number of aromatic nitrogens is 2. The van der Waals surface area contributed by atoms with Crippen molar-refractivity contribution in [2.24, 2.45) is 0 Å². The van der Waals surface area contributed by atoms with Gasteiger partial charge >= 0.3 is 6.18 Å². The molecule has 0 saturated carbocycles. The zero-order valence-electron chi connectivity index (χ0n) is 12.7. The highest BCUT2D eigenvalue weighted by Crippen LogP contribution is 2.31. The van der Waals surface area contributed by atoms with Crippen molar-refractivity contribution in [2.45, 2.75) is 6.18 Å². The molecule has 128 valence electrons. The second-order valence-electron chi connectivity index (χ2n) is 5.13. The van der Waals surface area contributed by atoms with Crippen molar-refractivity contribution in [1.29, 1.82) is 0 Å². The van der Waals surface area contributed by atoms with Gasteiger partial charge in [-0.1, -0.05) is 12.1 Å². The van der Waals surface area contributed by atoms with Gasteiger partial charge in [-0.25, -0.2) is 14.4 Å². The smallest absolute Gasteiger partial charge is 0.340 e. The highest BCUT2D eigenvalue weighted by atomic mass is 19.4. The summed E-state index contributed by atoms with van der Waals surface area (Å²) in [5, 5.41) is 5.68. The molecule has 2 N–H and O–H groups in total. The van der Waals surface area contributed by atoms with Crippen LogP contribution in [0.1, 0.15) is 5.56 Å². The van der Waals surface area contributed by atoms with E-state index in [9.17, 15) is 17.6 Å². The van der Waals surface area contributed by atoms with E-state index in [-0.39, 0.29) is 5.69 Å². The lowest BCUT2D eigenvalue weighted by Gasteiger charge is -2.11. The minimum absolute atomic E-state index is 0.241. The van der Waals surface area contributed by atoms with Crippen LogP contribution in [0.15, 0.2) is 60.9 Å². The SMILES string of the molecule is Fc1cccc(Nc2cc(Nc3cccc(C(F)(F)F)c3)ncn2)c1. The van der Waals surface area contributed by atoms with Gasteiger partial charge in [0, 0.05) is 17.4 Å². The van der Waals surface area contributed by atoms with Gasteiger partial charge in [0.15, 0.2) is 0 Å². The second kappa shape index (κ2) is 6.76. The Morgan fingerprint density at radius 1 is 0.760 bits per heavy atom. The number of hydrogen-bond acceptors (Lipinski definition) is 4. The molecule has 8 heteroatoms. The van der Waals surface area contributed by atoms with Crippen LogP contribution in [0.3, 0.4) is 0 Å². The maximum atomic E-state index is 13.2. The van der Waals surface area contributed by atoms with Gasteiger partial charge < -0.3 is 10.6 Å². The summed E-state index contributed by atoms with van der Waals surface area (Å²) in [5.74, 6) is 0.268. The van der Waals surface area contributed by atoms with Crippen LogP contribution in [0.4, 0.5) is 40.6 Å². The average Bonchev–Trinajstić information content (AvgIpc) is 2.55. The van der Waals surface area contributed by atoms with Gasteiger partial charge in [0.2, 0.25) is 0 Å². The molecular weight excluding hydrogens is 336 g/mol. The quantitative estimate of drug-likeness (QED) is 0.643. The standard InChI is InChI=1S/C17H12F4N4/c18-12-4-2-6-14(8-12)25-16-9-15(22-10-23-16)24-13-5-1-3-11(7-13)17(19,20)21/h1-10H,(H2,22,23,24,25). The van der Waals surface area contributed by atoms with Crippen molar-refractivity contribution in [2.75, 3.05) is 10.6 Å². The third-order valence-electron chi connectivity index (χ3n) is 3.23. The van der Waals surface area contributed by atoms with Crippen molar-refractivity contribution in [3.05, 3.63) is 72.3 Å². The topological polar surface area (TPSA) is 49.8 Å². The largest absolute Gasteiger partial charge is 0.416 e. The minimum atomic E-state index is -4.42. The molecule has 0 aliphatic carbocycles. The molecule has 1 heterocycles. The summed E-state index contributed by atoms with van der Waals surface area (Å²) < 4.78 is 51.4. The fraction of sp³-hybridized carbons (Fsp3) is 0.0588. The van der Waals surface area contributed by atoms with Crippen LogP contribution in [0.25, 0.3) is 0 Å². The zero-order chi connectivity index (χ0) is 17.9. The number of alkyl halides is 3. The molecule has 0 radical (unpaired) electrons. The van der Waals surface area contributed by atoms with E-state index in [1.165, 1.54) is 36.7 Å². The van der Waals surface area contributed by atoms with E-state index >= 15 is 0 Å². The molecular formula is C17H12F4N4. The Hall–Kier alpha value is -3.16. The van der Waals surface area contributed by atoms with E-state index < -0.39 is 17.6 Å². The Labute approximate surface area is 140 Å².